The van der Waals surface area contributed by atoms with Gasteiger partial charge in [-0.2, -0.15) is 0 Å². The first-order chi connectivity index (χ1) is 12.6. The molecular formula is C18H19N5O3. The zero-order valence-electron chi connectivity index (χ0n) is 14.6. The lowest BCUT2D eigenvalue weighted by Crippen LogP contribution is -2.26. The van der Waals surface area contributed by atoms with Crippen LogP contribution in [0.15, 0.2) is 46.0 Å². The van der Waals surface area contributed by atoms with Crippen LogP contribution in [0.5, 0.6) is 0 Å². The minimum absolute atomic E-state index is 0.116. The molecular weight excluding hydrogens is 334 g/mol. The van der Waals surface area contributed by atoms with Gasteiger partial charge >= 0.3 is 5.76 Å². The number of carbonyl (C=O) groups is 1. The van der Waals surface area contributed by atoms with E-state index in [-0.39, 0.29) is 24.1 Å². The number of nitrogens with one attached hydrogen (secondary N) is 1. The number of rotatable bonds is 6. The van der Waals surface area contributed by atoms with Crippen LogP contribution in [0, 0.1) is 0 Å². The molecule has 0 fully saturated rings. The van der Waals surface area contributed by atoms with Crippen molar-refractivity contribution in [3.05, 3.63) is 58.3 Å². The Balaban J connectivity index is 1.87. The van der Waals surface area contributed by atoms with Gasteiger partial charge < -0.3 is 5.32 Å². The van der Waals surface area contributed by atoms with Crippen LogP contribution >= 0.6 is 0 Å². The molecule has 2 heterocycles. The van der Waals surface area contributed by atoms with Gasteiger partial charge in [0, 0.05) is 18.1 Å². The molecule has 3 aromatic rings. The number of anilines is 1. The molecule has 0 radical (unpaired) electrons. The van der Waals surface area contributed by atoms with Crippen LogP contribution in [0.1, 0.15) is 25.0 Å². The van der Waals surface area contributed by atoms with Gasteiger partial charge in [-0.25, -0.2) is 19.3 Å². The maximum Gasteiger partial charge on any atom is 0.442 e. The highest BCUT2D eigenvalue weighted by atomic mass is 16.5. The Morgan fingerprint density at radius 1 is 1.12 bits per heavy atom. The Kier molecular flexibility index (Phi) is 5.21. The quantitative estimate of drug-likeness (QED) is 0.727. The van der Waals surface area contributed by atoms with Crippen LogP contribution in [0.4, 0.5) is 5.69 Å². The van der Waals surface area contributed by atoms with E-state index in [1.165, 1.54) is 12.4 Å². The van der Waals surface area contributed by atoms with E-state index in [4.69, 9.17) is 0 Å². The summed E-state index contributed by atoms with van der Waals surface area (Å²) in [5.74, 6) is -0.746. The average molecular weight is 353 g/mol. The van der Waals surface area contributed by atoms with Crippen molar-refractivity contribution in [1.82, 2.24) is 19.7 Å². The van der Waals surface area contributed by atoms with Crippen molar-refractivity contribution in [1.29, 1.82) is 0 Å². The highest BCUT2D eigenvalue weighted by Gasteiger charge is 2.18. The molecule has 1 aromatic carbocycles. The molecule has 134 valence electrons. The fourth-order valence-electron chi connectivity index (χ4n) is 2.71. The van der Waals surface area contributed by atoms with E-state index in [9.17, 15) is 9.59 Å². The van der Waals surface area contributed by atoms with E-state index in [1.807, 2.05) is 32.0 Å². The number of nitrogens with zero attached hydrogens (tertiary/aromatic N) is 4. The molecule has 0 bridgehead atoms. The van der Waals surface area contributed by atoms with Gasteiger partial charge in [0.15, 0.2) is 5.82 Å². The highest BCUT2D eigenvalue weighted by Crippen LogP contribution is 2.22. The summed E-state index contributed by atoms with van der Waals surface area (Å²) in [6, 6.07) is 7.57. The highest BCUT2D eigenvalue weighted by molar-refractivity contribution is 5.92. The van der Waals surface area contributed by atoms with Gasteiger partial charge in [0.25, 0.3) is 0 Å². The maximum atomic E-state index is 12.6. The largest absolute Gasteiger partial charge is 0.442 e. The molecule has 0 saturated carbocycles. The summed E-state index contributed by atoms with van der Waals surface area (Å²) in [5.41, 5.74) is 2.88. The molecule has 3 rings (SSSR count). The minimum Gasteiger partial charge on any atom is -0.324 e. The number of aromatic nitrogens is 4. The van der Waals surface area contributed by atoms with E-state index in [0.717, 1.165) is 34.2 Å². The van der Waals surface area contributed by atoms with Crippen molar-refractivity contribution in [2.45, 2.75) is 33.2 Å². The first kappa shape index (κ1) is 17.5. The zero-order valence-corrected chi connectivity index (χ0v) is 14.6. The Labute approximate surface area is 149 Å². The van der Waals surface area contributed by atoms with Crippen LogP contribution in [-0.4, -0.2) is 25.6 Å². The number of carbonyl (C=O) groups excluding carboxylic acids is 1. The van der Waals surface area contributed by atoms with Gasteiger partial charge in [0.1, 0.15) is 6.54 Å². The molecule has 8 nitrogen and oxygen atoms in total. The summed E-state index contributed by atoms with van der Waals surface area (Å²) >= 11 is 0. The lowest BCUT2D eigenvalue weighted by molar-refractivity contribution is -0.116. The third-order valence-electron chi connectivity index (χ3n) is 4.02. The van der Waals surface area contributed by atoms with Gasteiger partial charge in [0.2, 0.25) is 11.7 Å². The van der Waals surface area contributed by atoms with Crippen molar-refractivity contribution in [2.75, 3.05) is 5.32 Å². The summed E-state index contributed by atoms with van der Waals surface area (Å²) < 4.78 is 5.80. The summed E-state index contributed by atoms with van der Waals surface area (Å²) in [6.45, 7) is 3.82. The number of para-hydroxylation sites is 1. The molecule has 8 heteroatoms. The smallest absolute Gasteiger partial charge is 0.324 e. The summed E-state index contributed by atoms with van der Waals surface area (Å²) in [7, 11) is 0. The molecule has 0 aliphatic rings. The second-order valence-electron chi connectivity index (χ2n) is 5.64. The van der Waals surface area contributed by atoms with Crippen molar-refractivity contribution < 1.29 is 9.32 Å². The van der Waals surface area contributed by atoms with E-state index in [1.54, 1.807) is 6.07 Å². The molecule has 0 unspecified atom stereocenters. The molecule has 1 amide bonds. The first-order valence-corrected chi connectivity index (χ1v) is 8.38. The van der Waals surface area contributed by atoms with Crippen LogP contribution < -0.4 is 11.1 Å². The first-order valence-electron chi connectivity index (χ1n) is 8.38. The Bertz CT molecular complexity index is 940. The monoisotopic (exact) mass is 353 g/mol. The predicted octanol–water partition coefficient (Wildman–Crippen LogP) is 2.06. The average Bonchev–Trinajstić information content (AvgIpc) is 3.03. The zero-order chi connectivity index (χ0) is 18.5. The number of hydrogen-bond donors (Lipinski definition) is 1. The fraction of sp³-hybridized carbons (Fsp3) is 0.278. The van der Waals surface area contributed by atoms with Crippen molar-refractivity contribution in [2.24, 2.45) is 0 Å². The summed E-state index contributed by atoms with van der Waals surface area (Å²) in [4.78, 5) is 32.6. The summed E-state index contributed by atoms with van der Waals surface area (Å²) in [5, 5.41) is 6.60. The normalized spacial score (nSPS) is 10.7. The van der Waals surface area contributed by atoms with Gasteiger partial charge in [0.05, 0.1) is 0 Å². The van der Waals surface area contributed by atoms with E-state index in [0.29, 0.717) is 0 Å². The fourth-order valence-corrected chi connectivity index (χ4v) is 2.71. The predicted molar refractivity (Wildman–Crippen MR) is 95.6 cm³/mol. The Hall–Kier alpha value is -3.29. The van der Waals surface area contributed by atoms with Gasteiger partial charge in [-0.15, -0.1) is 0 Å². The number of aryl methyl sites for hydroxylation is 2. The van der Waals surface area contributed by atoms with Gasteiger partial charge in [-0.1, -0.05) is 37.2 Å². The molecule has 0 aliphatic heterocycles. The second-order valence-corrected chi connectivity index (χ2v) is 5.64. The molecule has 0 aliphatic carbocycles. The van der Waals surface area contributed by atoms with Gasteiger partial charge in [-0.3, -0.25) is 9.32 Å². The van der Waals surface area contributed by atoms with Crippen molar-refractivity contribution in [3.8, 4) is 11.6 Å². The van der Waals surface area contributed by atoms with Gasteiger partial charge in [-0.05, 0) is 30.0 Å². The Morgan fingerprint density at radius 2 is 1.77 bits per heavy atom. The minimum atomic E-state index is -0.734. The third kappa shape index (κ3) is 3.53. The van der Waals surface area contributed by atoms with Crippen LogP contribution in [0.2, 0.25) is 0 Å². The lowest BCUT2D eigenvalue weighted by atomic mass is 10.0. The van der Waals surface area contributed by atoms with Crippen molar-refractivity contribution in [3.63, 3.8) is 0 Å². The van der Waals surface area contributed by atoms with E-state index < -0.39 is 5.76 Å². The third-order valence-corrected chi connectivity index (χ3v) is 4.02. The van der Waals surface area contributed by atoms with Crippen molar-refractivity contribution >= 4 is 11.6 Å². The van der Waals surface area contributed by atoms with Crippen LogP contribution in [0.25, 0.3) is 11.6 Å². The number of hydrogen-bond acceptors (Lipinski definition) is 6. The van der Waals surface area contributed by atoms with E-state index in [2.05, 4.69) is 25.0 Å². The topological polar surface area (TPSA) is 103 Å². The number of amides is 1. The molecule has 26 heavy (non-hydrogen) atoms. The summed E-state index contributed by atoms with van der Waals surface area (Å²) in [6.07, 6.45) is 4.63. The van der Waals surface area contributed by atoms with Crippen LogP contribution in [0.3, 0.4) is 0 Å². The lowest BCUT2D eigenvalue weighted by Gasteiger charge is -2.14. The molecule has 2 aromatic heterocycles. The molecule has 0 spiro atoms. The number of benzene rings is 1. The standard InChI is InChI=1S/C18H19N5O3/c1-3-12-7-5-8-13(4-2)15(12)21-14(24)11-23-17(22-26-18(23)25)16-19-9-6-10-20-16/h5-10H,3-4,11H2,1-2H3,(H,21,24). The second kappa shape index (κ2) is 7.73. The maximum absolute atomic E-state index is 12.6. The molecule has 0 atom stereocenters. The SMILES string of the molecule is CCc1cccc(CC)c1NC(=O)Cn1c(-c2ncccn2)noc1=O. The van der Waals surface area contributed by atoms with Crippen LogP contribution in [-0.2, 0) is 24.2 Å². The van der Waals surface area contributed by atoms with E-state index >= 15 is 0 Å². The Morgan fingerprint density at radius 3 is 2.38 bits per heavy atom. The molecule has 1 N–H and O–H groups in total. The molecule has 0 saturated heterocycles.